The molecule has 1 amide bonds. The van der Waals surface area contributed by atoms with Crippen LogP contribution in [0, 0.1) is 5.82 Å². The van der Waals surface area contributed by atoms with E-state index >= 15 is 0 Å². The van der Waals surface area contributed by atoms with Crippen LogP contribution in [0.3, 0.4) is 0 Å². The van der Waals surface area contributed by atoms with Crippen molar-refractivity contribution in [1.82, 2.24) is 24.6 Å². The molecule has 1 aromatic carbocycles. The van der Waals surface area contributed by atoms with Crippen LogP contribution in [0.4, 0.5) is 35.1 Å². The van der Waals surface area contributed by atoms with Crippen LogP contribution in [-0.4, -0.2) is 51.8 Å². The largest absolute Gasteiger partial charge is 0.451 e. The molecule has 1 saturated heterocycles. The van der Waals surface area contributed by atoms with Crippen molar-refractivity contribution in [3.63, 3.8) is 0 Å². The van der Waals surface area contributed by atoms with E-state index in [2.05, 4.69) is 20.3 Å². The Labute approximate surface area is 227 Å². The molecule has 1 aliphatic heterocycles. The Morgan fingerprint density at radius 1 is 1.02 bits per heavy atom. The number of aromatic nitrogens is 3. The van der Waals surface area contributed by atoms with Gasteiger partial charge < -0.3 is 5.32 Å². The first kappa shape index (κ1) is 30.2. The fraction of sp³-hybridized carbons (Fsp3) is 0.333. The molecule has 0 bridgehead atoms. The number of carbonyl (C=O) groups excluding carboxylic acids is 1. The van der Waals surface area contributed by atoms with Gasteiger partial charge in [0.25, 0.3) is 0 Å². The Balaban J connectivity index is 1.60. The van der Waals surface area contributed by atoms with E-state index in [4.69, 9.17) is 0 Å². The summed E-state index contributed by atoms with van der Waals surface area (Å²) in [6.07, 6.45) is -10.9. The number of nitrogens with one attached hydrogen (secondary N) is 1. The highest BCUT2D eigenvalue weighted by atomic mass is 32.2. The zero-order chi connectivity index (χ0) is 30.3. The van der Waals surface area contributed by atoms with E-state index in [0.717, 1.165) is 30.3 Å². The molecule has 0 aliphatic carbocycles. The minimum atomic E-state index is -4.98. The average Bonchev–Trinajstić information content (AvgIpc) is 3.21. The summed E-state index contributed by atoms with van der Waals surface area (Å²) in [4.78, 5) is 22.2. The minimum Gasteiger partial charge on any atom is -0.351 e. The van der Waals surface area contributed by atoms with Crippen molar-refractivity contribution in [2.24, 2.45) is 0 Å². The van der Waals surface area contributed by atoms with E-state index in [1.165, 1.54) is 6.92 Å². The Kier molecular flexibility index (Phi) is 8.05. The molecule has 17 heteroatoms. The van der Waals surface area contributed by atoms with Crippen molar-refractivity contribution >= 4 is 15.9 Å². The summed E-state index contributed by atoms with van der Waals surface area (Å²) < 4.78 is 134. The Bertz CT molecular complexity index is 1530. The van der Waals surface area contributed by atoms with Gasteiger partial charge in [0.05, 0.1) is 16.6 Å². The van der Waals surface area contributed by atoms with Crippen molar-refractivity contribution in [1.29, 1.82) is 0 Å². The van der Waals surface area contributed by atoms with E-state index in [0.29, 0.717) is 22.8 Å². The first-order valence-electron chi connectivity index (χ1n) is 11.7. The van der Waals surface area contributed by atoms with Gasteiger partial charge in [-0.05, 0) is 48.9 Å². The van der Waals surface area contributed by atoms with Crippen molar-refractivity contribution in [2.45, 2.75) is 55.4 Å². The van der Waals surface area contributed by atoms with E-state index in [1.807, 2.05) is 0 Å². The molecule has 1 N–H and O–H groups in total. The third kappa shape index (κ3) is 6.45. The topological polar surface area (TPSA) is 105 Å². The van der Waals surface area contributed by atoms with Crippen molar-refractivity contribution in [3.05, 3.63) is 71.7 Å². The Hall–Kier alpha value is -3.73. The van der Waals surface area contributed by atoms with Crippen LogP contribution >= 0.6 is 0 Å². The number of amides is 1. The summed E-state index contributed by atoms with van der Waals surface area (Å²) in [6.45, 7) is 0.626. The third-order valence-electron chi connectivity index (χ3n) is 6.22. The van der Waals surface area contributed by atoms with E-state index < -0.39 is 87.4 Å². The lowest BCUT2D eigenvalue weighted by Gasteiger charge is -2.27. The summed E-state index contributed by atoms with van der Waals surface area (Å²) in [5, 5.41) is 2.28. The molecule has 1 fully saturated rings. The maximum atomic E-state index is 14.6. The molecule has 1 aliphatic rings. The molecule has 0 radical (unpaired) electrons. The Morgan fingerprint density at radius 2 is 1.63 bits per heavy atom. The molecule has 3 aromatic rings. The van der Waals surface area contributed by atoms with E-state index in [9.17, 15) is 48.3 Å². The van der Waals surface area contributed by atoms with E-state index in [1.54, 1.807) is 0 Å². The summed E-state index contributed by atoms with van der Waals surface area (Å²) in [5.41, 5.74) is -2.36. The first-order chi connectivity index (χ1) is 19.0. The number of nitrogens with zero attached hydrogens (tertiary/aromatic N) is 4. The molecule has 3 heterocycles. The van der Waals surface area contributed by atoms with Gasteiger partial charge in [-0.2, -0.15) is 30.6 Å². The zero-order valence-electron chi connectivity index (χ0n) is 20.7. The second-order valence-corrected chi connectivity index (χ2v) is 10.9. The zero-order valence-corrected chi connectivity index (χ0v) is 21.5. The summed E-state index contributed by atoms with van der Waals surface area (Å²) in [6, 6.07) is 2.39. The summed E-state index contributed by atoms with van der Waals surface area (Å²) >= 11 is 0. The molecule has 3 atom stereocenters. The van der Waals surface area contributed by atoms with Gasteiger partial charge in [0, 0.05) is 30.9 Å². The highest BCUT2D eigenvalue weighted by molar-refractivity contribution is 7.89. The number of rotatable bonds is 6. The van der Waals surface area contributed by atoms with Crippen LogP contribution in [0.25, 0.3) is 11.3 Å². The van der Waals surface area contributed by atoms with Crippen LogP contribution in [0.2, 0.25) is 0 Å². The number of alkyl halides is 7. The second kappa shape index (κ2) is 10.9. The number of halogens is 8. The SMILES string of the molecule is C[C@H]1[C@H](F)C[C@@H](C(=O)NCc2cc(-c3cnc(C(F)(F)F)nc3)nc(C(F)(F)F)c2)N1S(=O)(=O)c1ccc(F)cc1. The summed E-state index contributed by atoms with van der Waals surface area (Å²) in [5.74, 6) is -3.26. The highest BCUT2D eigenvalue weighted by Crippen LogP contribution is 2.34. The predicted molar refractivity (Wildman–Crippen MR) is 125 cm³/mol. The van der Waals surface area contributed by atoms with Crippen LogP contribution in [-0.2, 0) is 33.7 Å². The highest BCUT2D eigenvalue weighted by Gasteiger charge is 2.49. The average molecular weight is 609 g/mol. The third-order valence-corrected chi connectivity index (χ3v) is 8.23. The standard InChI is InChI=1S/C24H19F8N5O3S/c1-12-17(26)8-19(37(12)41(39,40)16-4-2-15(25)3-5-16)21(38)33-9-13-6-18(36-20(7-13)23(27,28)29)14-10-34-22(35-11-14)24(30,31)32/h2-7,10-12,17,19H,8-9H2,1H3,(H,33,38)/t12-,17+,19-/m0/s1. The van der Waals surface area contributed by atoms with Crippen molar-refractivity contribution in [3.8, 4) is 11.3 Å². The van der Waals surface area contributed by atoms with Gasteiger partial charge in [-0.25, -0.2) is 32.2 Å². The lowest BCUT2D eigenvalue weighted by atomic mass is 10.1. The minimum absolute atomic E-state index is 0.202. The van der Waals surface area contributed by atoms with Crippen molar-refractivity contribution < 1.29 is 48.3 Å². The first-order valence-corrected chi connectivity index (χ1v) is 13.1. The maximum Gasteiger partial charge on any atom is 0.451 e. The van der Waals surface area contributed by atoms with Gasteiger partial charge in [0.15, 0.2) is 0 Å². The van der Waals surface area contributed by atoms with Crippen LogP contribution in [0.1, 0.15) is 30.4 Å². The normalized spacial score (nSPS) is 20.3. The quantitative estimate of drug-likeness (QED) is 0.413. The molecule has 4 rings (SSSR count). The fourth-order valence-electron chi connectivity index (χ4n) is 4.19. The lowest BCUT2D eigenvalue weighted by molar-refractivity contribution is -0.145. The number of sulfonamides is 1. The lowest BCUT2D eigenvalue weighted by Crippen LogP contribution is -2.48. The molecular formula is C24H19F8N5O3S. The number of hydrogen-bond donors (Lipinski definition) is 1. The monoisotopic (exact) mass is 609 g/mol. The maximum absolute atomic E-state index is 14.6. The van der Waals surface area contributed by atoms with Gasteiger partial charge in [-0.15, -0.1) is 0 Å². The van der Waals surface area contributed by atoms with Gasteiger partial charge >= 0.3 is 12.4 Å². The van der Waals surface area contributed by atoms with Gasteiger partial charge in [0.2, 0.25) is 21.8 Å². The second-order valence-electron chi connectivity index (χ2n) is 9.05. The van der Waals surface area contributed by atoms with Gasteiger partial charge in [0.1, 0.15) is 23.7 Å². The van der Waals surface area contributed by atoms with Gasteiger partial charge in [-0.3, -0.25) is 4.79 Å². The molecule has 220 valence electrons. The number of benzene rings is 1. The van der Waals surface area contributed by atoms with Gasteiger partial charge in [-0.1, -0.05) is 0 Å². The smallest absolute Gasteiger partial charge is 0.351 e. The summed E-state index contributed by atoms with van der Waals surface area (Å²) in [7, 11) is -4.48. The number of carbonyl (C=O) groups is 1. The van der Waals surface area contributed by atoms with Crippen LogP contribution in [0.15, 0.2) is 53.7 Å². The van der Waals surface area contributed by atoms with Crippen LogP contribution < -0.4 is 5.32 Å². The molecular weight excluding hydrogens is 590 g/mol. The van der Waals surface area contributed by atoms with Crippen molar-refractivity contribution in [2.75, 3.05) is 0 Å². The number of pyridine rings is 1. The predicted octanol–water partition coefficient (Wildman–Crippen LogP) is 4.52. The molecule has 0 unspecified atom stereocenters. The van der Waals surface area contributed by atoms with Crippen LogP contribution in [0.5, 0.6) is 0 Å². The Morgan fingerprint density at radius 3 is 2.20 bits per heavy atom. The van der Waals surface area contributed by atoms with E-state index in [-0.39, 0.29) is 11.1 Å². The fourth-order valence-corrected chi connectivity index (χ4v) is 6.00. The molecule has 0 spiro atoms. The molecule has 8 nitrogen and oxygen atoms in total. The molecule has 2 aromatic heterocycles. The number of hydrogen-bond acceptors (Lipinski definition) is 6. The molecule has 0 saturated carbocycles. The molecule has 41 heavy (non-hydrogen) atoms.